The quantitative estimate of drug-likeness (QED) is 0.922. The van der Waals surface area contributed by atoms with Gasteiger partial charge in [-0.25, -0.2) is 0 Å². The van der Waals surface area contributed by atoms with E-state index in [0.29, 0.717) is 49.4 Å². The van der Waals surface area contributed by atoms with Gasteiger partial charge in [0.05, 0.1) is 5.92 Å². The van der Waals surface area contributed by atoms with Gasteiger partial charge in [0, 0.05) is 30.8 Å². The molecular weight excluding hydrogens is 308 g/mol. The molecule has 1 aromatic carbocycles. The molecule has 1 saturated carbocycles. The fraction of sp³-hybridized carbons (Fsp3) is 0.556. The summed E-state index contributed by atoms with van der Waals surface area (Å²) in [6.45, 7) is 1.59. The molecule has 0 unspecified atom stereocenters. The van der Waals surface area contributed by atoms with E-state index in [4.69, 9.17) is 9.47 Å². The van der Waals surface area contributed by atoms with E-state index in [0.717, 1.165) is 12.8 Å². The third-order valence-corrected chi connectivity index (χ3v) is 5.10. The topological polar surface area (TPSA) is 67.9 Å². The minimum atomic E-state index is -0.272. The Hall–Kier alpha value is -2.24. The number of rotatable bonds is 3. The summed E-state index contributed by atoms with van der Waals surface area (Å²) in [4.78, 5) is 26.7. The number of carbonyl (C=O) groups excluding carboxylic acids is 2. The molecule has 1 aromatic rings. The maximum atomic E-state index is 12.5. The zero-order valence-electron chi connectivity index (χ0n) is 13.6. The number of hydrogen-bond acceptors (Lipinski definition) is 4. The molecule has 1 atom stereocenters. The summed E-state index contributed by atoms with van der Waals surface area (Å²) in [6.07, 6.45) is 4.82. The van der Waals surface area contributed by atoms with Gasteiger partial charge in [0.2, 0.25) is 11.8 Å². The molecule has 1 saturated heterocycles. The van der Waals surface area contributed by atoms with E-state index in [-0.39, 0.29) is 17.7 Å². The lowest BCUT2D eigenvalue weighted by Gasteiger charge is -2.24. The van der Waals surface area contributed by atoms with E-state index >= 15 is 0 Å². The molecule has 2 heterocycles. The first-order valence-corrected chi connectivity index (χ1v) is 8.71. The summed E-state index contributed by atoms with van der Waals surface area (Å²) < 4.78 is 11.0. The predicted octanol–water partition coefficient (Wildman–Crippen LogP) is 2.19. The fourth-order valence-electron chi connectivity index (χ4n) is 3.84. The van der Waals surface area contributed by atoms with Crippen LogP contribution < -0.4 is 14.8 Å². The Morgan fingerprint density at radius 1 is 1.12 bits per heavy atom. The summed E-state index contributed by atoms with van der Waals surface area (Å²) in [5.41, 5.74) is 0.677. The van der Waals surface area contributed by atoms with Gasteiger partial charge < -0.3 is 19.7 Å². The summed E-state index contributed by atoms with van der Waals surface area (Å²) in [7, 11) is 0. The van der Waals surface area contributed by atoms with Crippen LogP contribution in [0.5, 0.6) is 11.5 Å². The molecule has 1 N–H and O–H groups in total. The lowest BCUT2D eigenvalue weighted by molar-refractivity contribution is -0.129. The van der Waals surface area contributed by atoms with Gasteiger partial charge in [-0.15, -0.1) is 0 Å². The van der Waals surface area contributed by atoms with Crippen LogP contribution in [0.15, 0.2) is 18.2 Å². The van der Waals surface area contributed by atoms with Crippen molar-refractivity contribution in [3.05, 3.63) is 18.2 Å². The molecule has 128 valence electrons. The van der Waals surface area contributed by atoms with Crippen molar-refractivity contribution in [2.24, 2.45) is 5.92 Å². The number of nitrogens with zero attached hydrogens (tertiary/aromatic N) is 1. The first kappa shape index (κ1) is 15.3. The number of amides is 2. The van der Waals surface area contributed by atoms with E-state index < -0.39 is 0 Å². The first-order valence-electron chi connectivity index (χ1n) is 8.71. The van der Waals surface area contributed by atoms with Gasteiger partial charge in [0.1, 0.15) is 13.2 Å². The Labute approximate surface area is 141 Å². The largest absolute Gasteiger partial charge is 0.486 e. The highest BCUT2D eigenvalue weighted by molar-refractivity contribution is 5.97. The minimum Gasteiger partial charge on any atom is -0.486 e. The number of hydrogen-bond donors (Lipinski definition) is 1. The monoisotopic (exact) mass is 330 g/mol. The van der Waals surface area contributed by atoms with Crippen molar-refractivity contribution in [2.45, 2.75) is 38.1 Å². The molecule has 6 heteroatoms. The highest BCUT2D eigenvalue weighted by Crippen LogP contribution is 2.33. The van der Waals surface area contributed by atoms with Crippen LogP contribution in [0.1, 0.15) is 32.1 Å². The molecule has 2 aliphatic heterocycles. The van der Waals surface area contributed by atoms with Crippen molar-refractivity contribution in [3.8, 4) is 11.5 Å². The number of carbonyl (C=O) groups is 2. The Morgan fingerprint density at radius 3 is 2.67 bits per heavy atom. The van der Waals surface area contributed by atoms with Crippen LogP contribution in [-0.4, -0.2) is 42.5 Å². The zero-order chi connectivity index (χ0) is 16.5. The van der Waals surface area contributed by atoms with Gasteiger partial charge in [-0.3, -0.25) is 9.59 Å². The number of fused-ring (bicyclic) bond motifs is 1. The SMILES string of the molecule is O=C(Nc1ccc2c(c1)OCCO2)[C@H]1CC(=O)N(C2CCCC2)C1. The Balaban J connectivity index is 1.40. The number of benzene rings is 1. The minimum absolute atomic E-state index is 0.0967. The molecule has 0 aromatic heterocycles. The summed E-state index contributed by atoms with van der Waals surface area (Å²) in [6, 6.07) is 5.72. The molecule has 3 aliphatic rings. The molecule has 6 nitrogen and oxygen atoms in total. The molecule has 0 bridgehead atoms. The van der Waals surface area contributed by atoms with Gasteiger partial charge in [-0.05, 0) is 25.0 Å². The summed E-state index contributed by atoms with van der Waals surface area (Å²) in [5, 5.41) is 2.91. The highest BCUT2D eigenvalue weighted by atomic mass is 16.6. The van der Waals surface area contributed by atoms with E-state index in [2.05, 4.69) is 5.32 Å². The molecular formula is C18H22N2O4. The maximum absolute atomic E-state index is 12.5. The van der Waals surface area contributed by atoms with E-state index in [1.165, 1.54) is 12.8 Å². The van der Waals surface area contributed by atoms with Gasteiger partial charge in [0.25, 0.3) is 0 Å². The van der Waals surface area contributed by atoms with Crippen LogP contribution in [0, 0.1) is 5.92 Å². The van der Waals surface area contributed by atoms with Crippen molar-refractivity contribution < 1.29 is 19.1 Å². The molecule has 24 heavy (non-hydrogen) atoms. The number of anilines is 1. The van der Waals surface area contributed by atoms with Crippen LogP contribution in [-0.2, 0) is 9.59 Å². The van der Waals surface area contributed by atoms with Crippen LogP contribution >= 0.6 is 0 Å². The van der Waals surface area contributed by atoms with Crippen molar-refractivity contribution in [2.75, 3.05) is 25.1 Å². The predicted molar refractivity (Wildman–Crippen MR) is 88.1 cm³/mol. The molecule has 4 rings (SSSR count). The second-order valence-electron chi connectivity index (χ2n) is 6.73. The van der Waals surface area contributed by atoms with Crippen molar-refractivity contribution in [1.29, 1.82) is 0 Å². The zero-order valence-corrected chi connectivity index (χ0v) is 13.6. The Morgan fingerprint density at radius 2 is 1.88 bits per heavy atom. The lowest BCUT2D eigenvalue weighted by atomic mass is 10.1. The summed E-state index contributed by atoms with van der Waals surface area (Å²) >= 11 is 0. The van der Waals surface area contributed by atoms with Crippen LogP contribution in [0.4, 0.5) is 5.69 Å². The number of likely N-dealkylation sites (tertiary alicyclic amines) is 1. The van der Waals surface area contributed by atoms with Crippen molar-refractivity contribution in [1.82, 2.24) is 4.90 Å². The molecule has 2 amide bonds. The van der Waals surface area contributed by atoms with Crippen molar-refractivity contribution in [3.63, 3.8) is 0 Å². The Kier molecular flexibility index (Phi) is 4.04. The molecule has 2 fully saturated rings. The van der Waals surface area contributed by atoms with Gasteiger partial charge in [0.15, 0.2) is 11.5 Å². The number of ether oxygens (including phenoxy) is 2. The van der Waals surface area contributed by atoms with E-state index in [1.54, 1.807) is 18.2 Å². The third kappa shape index (κ3) is 2.92. The smallest absolute Gasteiger partial charge is 0.229 e. The average Bonchev–Trinajstić information content (AvgIpc) is 3.24. The highest BCUT2D eigenvalue weighted by Gasteiger charge is 2.38. The summed E-state index contributed by atoms with van der Waals surface area (Å²) in [5.74, 6) is 1.09. The second kappa shape index (κ2) is 6.34. The molecule has 0 radical (unpaired) electrons. The standard InChI is InChI=1S/C18H22N2O4/c21-17-9-12(11-20(17)14-3-1-2-4-14)18(22)19-13-5-6-15-16(10-13)24-8-7-23-15/h5-6,10,12,14H,1-4,7-9,11H2,(H,19,22)/t12-/m0/s1. The second-order valence-corrected chi connectivity index (χ2v) is 6.73. The average molecular weight is 330 g/mol. The lowest BCUT2D eigenvalue weighted by Crippen LogP contribution is -2.35. The molecule has 1 aliphatic carbocycles. The Bertz CT molecular complexity index is 654. The van der Waals surface area contributed by atoms with Gasteiger partial charge >= 0.3 is 0 Å². The fourth-order valence-corrected chi connectivity index (χ4v) is 3.84. The van der Waals surface area contributed by atoms with E-state index in [9.17, 15) is 9.59 Å². The van der Waals surface area contributed by atoms with Gasteiger partial charge in [-0.1, -0.05) is 12.8 Å². The van der Waals surface area contributed by atoms with Gasteiger partial charge in [-0.2, -0.15) is 0 Å². The first-order chi connectivity index (χ1) is 11.7. The maximum Gasteiger partial charge on any atom is 0.229 e. The molecule has 0 spiro atoms. The number of nitrogens with one attached hydrogen (secondary N) is 1. The van der Waals surface area contributed by atoms with Crippen LogP contribution in [0.25, 0.3) is 0 Å². The van der Waals surface area contributed by atoms with Crippen LogP contribution in [0.2, 0.25) is 0 Å². The van der Waals surface area contributed by atoms with E-state index in [1.807, 2.05) is 4.90 Å². The third-order valence-electron chi connectivity index (χ3n) is 5.10. The van der Waals surface area contributed by atoms with Crippen molar-refractivity contribution >= 4 is 17.5 Å². The van der Waals surface area contributed by atoms with Crippen LogP contribution in [0.3, 0.4) is 0 Å². The normalized spacial score (nSPS) is 23.6.